The molecule has 1 aromatic heterocycles. The van der Waals surface area contributed by atoms with Crippen LogP contribution in [0.3, 0.4) is 0 Å². The number of hydrogen-bond acceptors (Lipinski definition) is 3. The van der Waals surface area contributed by atoms with E-state index in [1.165, 1.54) is 12.1 Å². The lowest BCUT2D eigenvalue weighted by atomic mass is 10.1. The van der Waals surface area contributed by atoms with Crippen molar-refractivity contribution in [1.29, 1.82) is 0 Å². The maximum absolute atomic E-state index is 12.1. The Balaban J connectivity index is 1.69. The van der Waals surface area contributed by atoms with E-state index in [1.54, 1.807) is 24.5 Å². The van der Waals surface area contributed by atoms with E-state index in [2.05, 4.69) is 20.4 Å². The van der Waals surface area contributed by atoms with Gasteiger partial charge in [-0.25, -0.2) is 0 Å². The number of pyridine rings is 1. The largest absolute Gasteiger partial charge is 0.435 e. The third kappa shape index (κ3) is 3.94. The van der Waals surface area contributed by atoms with Gasteiger partial charge >= 0.3 is 6.61 Å². The lowest BCUT2D eigenvalue weighted by Crippen LogP contribution is -2.19. The van der Waals surface area contributed by atoms with Gasteiger partial charge in [-0.2, -0.15) is 8.78 Å². The normalized spacial score (nSPS) is 10.6. The SMILES string of the molecule is FC(F)Oc1ccc(NC(=S)Nc2cccc3cnccc23)cc1. The highest BCUT2D eigenvalue weighted by Gasteiger charge is 2.05. The summed E-state index contributed by atoms with van der Waals surface area (Å²) in [6.45, 7) is -2.84. The van der Waals surface area contributed by atoms with Gasteiger partial charge < -0.3 is 15.4 Å². The predicted octanol–water partition coefficient (Wildman–Crippen LogP) is 4.65. The van der Waals surface area contributed by atoms with Crippen molar-refractivity contribution >= 4 is 39.5 Å². The van der Waals surface area contributed by atoms with Crippen molar-refractivity contribution in [1.82, 2.24) is 4.98 Å². The van der Waals surface area contributed by atoms with Gasteiger partial charge in [0.05, 0.1) is 0 Å². The summed E-state index contributed by atoms with van der Waals surface area (Å²) in [4.78, 5) is 4.09. The number of nitrogens with zero attached hydrogens (tertiary/aromatic N) is 1. The van der Waals surface area contributed by atoms with Gasteiger partial charge in [-0.15, -0.1) is 0 Å². The third-order valence-electron chi connectivity index (χ3n) is 3.27. The number of benzene rings is 2. The van der Waals surface area contributed by atoms with Gasteiger partial charge in [-0.3, -0.25) is 4.98 Å². The summed E-state index contributed by atoms with van der Waals surface area (Å²) in [6.07, 6.45) is 3.49. The van der Waals surface area contributed by atoms with Gasteiger partial charge in [0.15, 0.2) is 5.11 Å². The number of rotatable bonds is 4. The number of hydrogen-bond donors (Lipinski definition) is 2. The Bertz CT molecular complexity index is 851. The van der Waals surface area contributed by atoms with Gasteiger partial charge in [0.1, 0.15) is 5.75 Å². The second-order valence-electron chi connectivity index (χ2n) is 4.88. The molecule has 2 aromatic carbocycles. The van der Waals surface area contributed by atoms with Crippen molar-refractivity contribution in [2.75, 3.05) is 10.6 Å². The fraction of sp³-hybridized carbons (Fsp3) is 0.0588. The molecule has 2 N–H and O–H groups in total. The van der Waals surface area contributed by atoms with Crippen LogP contribution in [0.25, 0.3) is 10.8 Å². The first-order chi connectivity index (χ1) is 11.6. The van der Waals surface area contributed by atoms with Crippen LogP contribution < -0.4 is 15.4 Å². The lowest BCUT2D eigenvalue weighted by molar-refractivity contribution is -0.0498. The standard InChI is InChI=1S/C17H13F2N3OS/c18-16(19)23-13-6-4-12(5-7-13)21-17(24)22-15-3-1-2-11-10-20-9-8-14(11)15/h1-10,16H,(H2,21,22,24). The van der Waals surface area contributed by atoms with Crippen LogP contribution in [-0.4, -0.2) is 16.7 Å². The Labute approximate surface area is 142 Å². The van der Waals surface area contributed by atoms with Gasteiger partial charge in [0.2, 0.25) is 0 Å². The molecule has 7 heteroatoms. The molecular formula is C17H13F2N3OS. The zero-order chi connectivity index (χ0) is 16.9. The highest BCUT2D eigenvalue weighted by Crippen LogP contribution is 2.23. The van der Waals surface area contributed by atoms with Crippen molar-refractivity contribution in [3.63, 3.8) is 0 Å². The summed E-state index contributed by atoms with van der Waals surface area (Å²) < 4.78 is 28.6. The summed E-state index contributed by atoms with van der Waals surface area (Å²) >= 11 is 5.29. The summed E-state index contributed by atoms with van der Waals surface area (Å²) in [6, 6.07) is 13.8. The van der Waals surface area contributed by atoms with Crippen LogP contribution >= 0.6 is 12.2 Å². The van der Waals surface area contributed by atoms with Crippen LogP contribution in [0.2, 0.25) is 0 Å². The molecule has 0 aliphatic heterocycles. The second kappa shape index (κ2) is 7.18. The number of fused-ring (bicyclic) bond motifs is 1. The highest BCUT2D eigenvalue weighted by molar-refractivity contribution is 7.80. The van der Waals surface area contributed by atoms with E-state index in [4.69, 9.17) is 12.2 Å². The number of ether oxygens (including phenoxy) is 1. The van der Waals surface area contributed by atoms with Crippen molar-refractivity contribution in [3.8, 4) is 5.75 Å². The number of alkyl halides is 2. The Kier molecular flexibility index (Phi) is 4.81. The van der Waals surface area contributed by atoms with Crippen molar-refractivity contribution in [2.45, 2.75) is 6.61 Å². The van der Waals surface area contributed by atoms with Crippen LogP contribution in [0, 0.1) is 0 Å². The molecule has 0 bridgehead atoms. The molecule has 0 fully saturated rings. The molecule has 4 nitrogen and oxygen atoms in total. The number of thiocarbonyl (C=S) groups is 1. The van der Waals surface area contributed by atoms with E-state index in [1.807, 2.05) is 24.3 Å². The third-order valence-corrected chi connectivity index (χ3v) is 3.47. The number of nitrogens with one attached hydrogen (secondary N) is 2. The summed E-state index contributed by atoms with van der Waals surface area (Å²) in [5, 5.41) is 8.51. The van der Waals surface area contributed by atoms with E-state index < -0.39 is 6.61 Å². The topological polar surface area (TPSA) is 46.2 Å². The molecule has 0 saturated heterocycles. The van der Waals surface area contributed by atoms with E-state index in [9.17, 15) is 8.78 Å². The Morgan fingerprint density at radius 1 is 1.04 bits per heavy atom. The van der Waals surface area contributed by atoms with Crippen molar-refractivity contribution < 1.29 is 13.5 Å². The minimum absolute atomic E-state index is 0.0935. The van der Waals surface area contributed by atoms with E-state index in [-0.39, 0.29) is 5.75 Å². The molecule has 122 valence electrons. The molecule has 24 heavy (non-hydrogen) atoms. The first kappa shape index (κ1) is 16.1. The molecule has 0 aliphatic carbocycles. The number of anilines is 2. The minimum Gasteiger partial charge on any atom is -0.435 e. The fourth-order valence-corrected chi connectivity index (χ4v) is 2.46. The quantitative estimate of drug-likeness (QED) is 0.674. The predicted molar refractivity (Wildman–Crippen MR) is 94.7 cm³/mol. The smallest absolute Gasteiger partial charge is 0.387 e. The molecule has 3 aromatic rings. The molecule has 1 heterocycles. The summed E-state index contributed by atoms with van der Waals surface area (Å²) in [5.41, 5.74) is 1.51. The van der Waals surface area contributed by atoms with Gasteiger partial charge in [-0.1, -0.05) is 12.1 Å². The zero-order valence-electron chi connectivity index (χ0n) is 12.4. The molecule has 0 aliphatic rings. The Morgan fingerprint density at radius 3 is 2.58 bits per heavy atom. The molecular weight excluding hydrogens is 332 g/mol. The van der Waals surface area contributed by atoms with Gasteiger partial charge in [-0.05, 0) is 48.6 Å². The average molecular weight is 345 g/mol. The van der Waals surface area contributed by atoms with Crippen molar-refractivity contribution in [3.05, 3.63) is 60.9 Å². The summed E-state index contributed by atoms with van der Waals surface area (Å²) in [5.74, 6) is 0.0935. The van der Waals surface area contributed by atoms with Crippen LogP contribution in [0.4, 0.5) is 20.2 Å². The van der Waals surface area contributed by atoms with E-state index >= 15 is 0 Å². The molecule has 3 rings (SSSR count). The monoisotopic (exact) mass is 345 g/mol. The molecule has 0 atom stereocenters. The first-order valence-corrected chi connectivity index (χ1v) is 7.48. The maximum Gasteiger partial charge on any atom is 0.387 e. The van der Waals surface area contributed by atoms with Crippen LogP contribution in [0.15, 0.2) is 60.9 Å². The van der Waals surface area contributed by atoms with E-state index in [0.717, 1.165) is 16.5 Å². The van der Waals surface area contributed by atoms with Crippen LogP contribution in [-0.2, 0) is 0 Å². The minimum atomic E-state index is -2.84. The van der Waals surface area contributed by atoms with E-state index in [0.29, 0.717) is 10.8 Å². The first-order valence-electron chi connectivity index (χ1n) is 7.07. The van der Waals surface area contributed by atoms with Crippen molar-refractivity contribution in [2.24, 2.45) is 0 Å². The second-order valence-corrected chi connectivity index (χ2v) is 5.29. The number of halogens is 2. The maximum atomic E-state index is 12.1. The van der Waals surface area contributed by atoms with Gasteiger partial charge in [0, 0.05) is 34.5 Å². The molecule has 0 saturated carbocycles. The summed E-state index contributed by atoms with van der Waals surface area (Å²) in [7, 11) is 0. The lowest BCUT2D eigenvalue weighted by Gasteiger charge is -2.13. The van der Waals surface area contributed by atoms with Crippen LogP contribution in [0.5, 0.6) is 5.75 Å². The Morgan fingerprint density at radius 2 is 1.83 bits per heavy atom. The Hall–Kier alpha value is -2.80. The molecule has 0 amide bonds. The molecule has 0 radical (unpaired) electrons. The fourth-order valence-electron chi connectivity index (χ4n) is 2.24. The average Bonchev–Trinajstić information content (AvgIpc) is 2.56. The number of aromatic nitrogens is 1. The molecule has 0 unspecified atom stereocenters. The molecule has 0 spiro atoms. The highest BCUT2D eigenvalue weighted by atomic mass is 32.1. The zero-order valence-corrected chi connectivity index (χ0v) is 13.2. The van der Waals surface area contributed by atoms with Gasteiger partial charge in [0.25, 0.3) is 0 Å². The van der Waals surface area contributed by atoms with Crippen LogP contribution in [0.1, 0.15) is 0 Å².